The first kappa shape index (κ1) is 25.2. The van der Waals surface area contributed by atoms with E-state index in [4.69, 9.17) is 9.47 Å². The molecule has 0 bridgehead atoms. The van der Waals surface area contributed by atoms with E-state index in [1.54, 1.807) is 35.5 Å². The average Bonchev–Trinajstić information content (AvgIpc) is 2.92. The van der Waals surface area contributed by atoms with Gasteiger partial charge in [-0.3, -0.25) is 19.1 Å². The molecule has 4 rings (SSSR count). The molecule has 0 saturated carbocycles. The summed E-state index contributed by atoms with van der Waals surface area (Å²) in [5, 5.41) is 11.4. The van der Waals surface area contributed by atoms with Crippen molar-refractivity contribution in [2.24, 2.45) is 0 Å². The van der Waals surface area contributed by atoms with Crippen LogP contribution in [0.1, 0.15) is 60.3 Å². The maximum absolute atomic E-state index is 13.5. The van der Waals surface area contributed by atoms with E-state index in [1.165, 1.54) is 24.4 Å². The van der Waals surface area contributed by atoms with Crippen molar-refractivity contribution < 1.29 is 19.4 Å². The van der Waals surface area contributed by atoms with Gasteiger partial charge in [0.05, 0.1) is 14.2 Å². The summed E-state index contributed by atoms with van der Waals surface area (Å²) in [6, 6.07) is 9.20. The van der Waals surface area contributed by atoms with Gasteiger partial charge in [0.25, 0.3) is 11.5 Å². The topological polar surface area (TPSA) is 107 Å². The van der Waals surface area contributed by atoms with Crippen molar-refractivity contribution in [3.8, 4) is 23.1 Å². The quantitative estimate of drug-likeness (QED) is 0.511. The van der Waals surface area contributed by atoms with Gasteiger partial charge in [0.1, 0.15) is 23.0 Å². The van der Waals surface area contributed by atoms with Gasteiger partial charge >= 0.3 is 0 Å². The average molecular weight is 493 g/mol. The number of carbonyl (C=O) groups excluding carboxylic acids is 1. The van der Waals surface area contributed by atoms with Crippen LogP contribution in [0.2, 0.25) is 0 Å². The number of likely N-dealkylation sites (tertiary alicyclic amines) is 1. The second kappa shape index (κ2) is 11.2. The number of benzene rings is 1. The predicted molar refractivity (Wildman–Crippen MR) is 135 cm³/mol. The number of rotatable bonds is 8. The zero-order chi connectivity index (χ0) is 25.7. The molecule has 1 saturated heterocycles. The largest absolute Gasteiger partial charge is 0.494 e. The summed E-state index contributed by atoms with van der Waals surface area (Å²) in [5.74, 6) is 0.520. The number of aryl methyl sites for hydroxylation is 1. The number of hydrogen-bond acceptors (Lipinski definition) is 7. The number of aromatic hydroxyl groups is 1. The van der Waals surface area contributed by atoms with E-state index in [-0.39, 0.29) is 5.56 Å². The Hall–Kier alpha value is -3.88. The molecule has 0 unspecified atom stereocenters. The highest BCUT2D eigenvalue weighted by Crippen LogP contribution is 2.37. The zero-order valence-corrected chi connectivity index (χ0v) is 20.9. The standard InChI is InChI=1S/C27H32N4O5/c1-4-5-9-22-29-25(32)23(27(34)31(22)24-20(35-2)7-6-8-21(24)36-3)26(33)30-16-12-19(13-17-30)18-10-14-28-15-11-18/h6-8,10-11,14-15,19,34H,4-5,9,12-13,16-17H2,1-3H3. The lowest BCUT2D eigenvalue weighted by Crippen LogP contribution is -2.41. The Labute approximate surface area is 210 Å². The Morgan fingerprint density at radius 3 is 2.31 bits per heavy atom. The van der Waals surface area contributed by atoms with E-state index in [2.05, 4.69) is 9.97 Å². The number of nitrogens with zero attached hydrogens (tertiary/aromatic N) is 4. The summed E-state index contributed by atoms with van der Waals surface area (Å²) >= 11 is 0. The molecule has 2 aromatic heterocycles. The van der Waals surface area contributed by atoms with E-state index in [0.717, 1.165) is 25.7 Å². The molecular weight excluding hydrogens is 460 g/mol. The molecule has 1 N–H and O–H groups in total. The molecule has 0 aliphatic carbocycles. The molecule has 0 radical (unpaired) electrons. The van der Waals surface area contributed by atoms with Crippen molar-refractivity contribution in [1.29, 1.82) is 0 Å². The number of piperidine rings is 1. The third-order valence-corrected chi connectivity index (χ3v) is 6.69. The van der Waals surface area contributed by atoms with Crippen LogP contribution < -0.4 is 15.0 Å². The maximum Gasteiger partial charge on any atom is 0.289 e. The summed E-state index contributed by atoms with van der Waals surface area (Å²) in [7, 11) is 3.02. The highest BCUT2D eigenvalue weighted by Gasteiger charge is 2.31. The Balaban J connectivity index is 1.74. The minimum absolute atomic E-state index is 0.315. The molecule has 9 nitrogen and oxygen atoms in total. The molecular formula is C27H32N4O5. The summed E-state index contributed by atoms with van der Waals surface area (Å²) in [6.07, 6.45) is 7.11. The zero-order valence-electron chi connectivity index (χ0n) is 20.9. The van der Waals surface area contributed by atoms with Crippen molar-refractivity contribution >= 4 is 5.91 Å². The van der Waals surface area contributed by atoms with Gasteiger partial charge in [-0.15, -0.1) is 0 Å². The Morgan fingerprint density at radius 2 is 1.72 bits per heavy atom. The molecule has 0 spiro atoms. The normalized spacial score (nSPS) is 14.0. The van der Waals surface area contributed by atoms with Crippen molar-refractivity contribution in [3.05, 3.63) is 70.0 Å². The van der Waals surface area contributed by atoms with Gasteiger partial charge in [0.15, 0.2) is 5.56 Å². The molecule has 3 aromatic rings. The smallest absolute Gasteiger partial charge is 0.289 e. The fraction of sp³-hybridized carbons (Fsp3) is 0.407. The van der Waals surface area contributed by atoms with Crippen molar-refractivity contribution in [2.45, 2.75) is 44.9 Å². The number of carbonyl (C=O) groups is 1. The lowest BCUT2D eigenvalue weighted by Gasteiger charge is -2.32. The third kappa shape index (κ3) is 4.91. The van der Waals surface area contributed by atoms with E-state index in [0.29, 0.717) is 48.4 Å². The van der Waals surface area contributed by atoms with Crippen LogP contribution >= 0.6 is 0 Å². The van der Waals surface area contributed by atoms with Gasteiger partial charge < -0.3 is 19.5 Å². The fourth-order valence-corrected chi connectivity index (χ4v) is 4.74. The third-order valence-electron chi connectivity index (χ3n) is 6.69. The molecule has 36 heavy (non-hydrogen) atoms. The van der Waals surface area contributed by atoms with Crippen LogP contribution in [0, 0.1) is 0 Å². The van der Waals surface area contributed by atoms with E-state index in [1.807, 2.05) is 19.1 Å². The Morgan fingerprint density at radius 1 is 1.08 bits per heavy atom. The van der Waals surface area contributed by atoms with E-state index >= 15 is 0 Å². The molecule has 9 heteroatoms. The maximum atomic E-state index is 13.5. The highest BCUT2D eigenvalue weighted by atomic mass is 16.5. The highest BCUT2D eigenvalue weighted by molar-refractivity contribution is 5.96. The lowest BCUT2D eigenvalue weighted by molar-refractivity contribution is 0.0706. The molecule has 1 amide bonds. The summed E-state index contributed by atoms with van der Waals surface area (Å²) in [6.45, 7) is 2.97. The SMILES string of the molecule is CCCCc1nc(=O)c(C(=O)N2CCC(c3ccncc3)CC2)c(O)n1-c1c(OC)cccc1OC. The monoisotopic (exact) mass is 492 g/mol. The minimum atomic E-state index is -0.732. The molecule has 1 aromatic carbocycles. The number of para-hydroxylation sites is 1. The van der Waals surface area contributed by atoms with Crippen molar-refractivity contribution in [3.63, 3.8) is 0 Å². The van der Waals surface area contributed by atoms with Crippen LogP contribution in [-0.2, 0) is 6.42 Å². The van der Waals surface area contributed by atoms with Gasteiger partial charge in [-0.05, 0) is 55.0 Å². The van der Waals surface area contributed by atoms with Crippen molar-refractivity contribution in [1.82, 2.24) is 19.4 Å². The predicted octanol–water partition coefficient (Wildman–Crippen LogP) is 3.71. The molecule has 1 aliphatic heterocycles. The minimum Gasteiger partial charge on any atom is -0.494 e. The van der Waals surface area contributed by atoms with E-state index in [9.17, 15) is 14.7 Å². The number of hydrogen-bond donors (Lipinski definition) is 1. The molecule has 3 heterocycles. The van der Waals surface area contributed by atoms with Crippen LogP contribution in [0.25, 0.3) is 5.69 Å². The Bertz CT molecular complexity index is 1240. The first-order valence-electron chi connectivity index (χ1n) is 12.3. The molecule has 0 atom stereocenters. The number of unbranched alkanes of at least 4 members (excludes halogenated alkanes) is 1. The van der Waals surface area contributed by atoms with Gasteiger partial charge in [0, 0.05) is 31.9 Å². The van der Waals surface area contributed by atoms with Gasteiger partial charge in [-0.1, -0.05) is 19.4 Å². The summed E-state index contributed by atoms with van der Waals surface area (Å²) in [4.78, 5) is 36.6. The Kier molecular flexibility index (Phi) is 7.87. The van der Waals surface area contributed by atoms with Gasteiger partial charge in [-0.25, -0.2) is 0 Å². The van der Waals surface area contributed by atoms with E-state index < -0.39 is 17.3 Å². The van der Waals surface area contributed by atoms with Crippen LogP contribution in [0.15, 0.2) is 47.5 Å². The number of ether oxygens (including phenoxy) is 2. The second-order valence-corrected chi connectivity index (χ2v) is 8.83. The second-order valence-electron chi connectivity index (χ2n) is 8.83. The first-order valence-corrected chi connectivity index (χ1v) is 12.3. The van der Waals surface area contributed by atoms with Crippen LogP contribution in [0.4, 0.5) is 0 Å². The fourth-order valence-electron chi connectivity index (χ4n) is 4.74. The molecule has 1 aliphatic rings. The number of amides is 1. The summed E-state index contributed by atoms with van der Waals surface area (Å²) < 4.78 is 12.5. The lowest BCUT2D eigenvalue weighted by atomic mass is 9.90. The van der Waals surface area contributed by atoms with Crippen molar-refractivity contribution in [2.75, 3.05) is 27.3 Å². The van der Waals surface area contributed by atoms with Gasteiger partial charge in [0.2, 0.25) is 5.88 Å². The number of aromatic nitrogens is 3. The van der Waals surface area contributed by atoms with Gasteiger partial charge in [-0.2, -0.15) is 4.98 Å². The van der Waals surface area contributed by atoms with Crippen LogP contribution in [0.3, 0.4) is 0 Å². The molecule has 190 valence electrons. The first-order chi connectivity index (χ1) is 17.5. The molecule has 1 fully saturated rings. The number of pyridine rings is 1. The summed E-state index contributed by atoms with van der Waals surface area (Å²) in [5.41, 5.74) is 0.507. The van der Waals surface area contributed by atoms with Crippen LogP contribution in [0.5, 0.6) is 17.4 Å². The van der Waals surface area contributed by atoms with Crippen LogP contribution in [-0.4, -0.2) is 57.8 Å². The number of methoxy groups -OCH3 is 2.